The van der Waals surface area contributed by atoms with E-state index < -0.39 is 15.8 Å². The predicted molar refractivity (Wildman–Crippen MR) is 93.2 cm³/mol. The summed E-state index contributed by atoms with van der Waals surface area (Å²) in [4.78, 5) is 12.3. The fourth-order valence-electron chi connectivity index (χ4n) is 2.98. The maximum atomic E-state index is 13.0. The zero-order chi connectivity index (χ0) is 18.7. The molecule has 1 aromatic carbocycles. The van der Waals surface area contributed by atoms with Gasteiger partial charge in [0.15, 0.2) is 0 Å². The number of carbonyl (C=O) groups excluding carboxylic acids is 1. The van der Waals surface area contributed by atoms with Gasteiger partial charge in [0.1, 0.15) is 5.82 Å². The van der Waals surface area contributed by atoms with Gasteiger partial charge in [-0.25, -0.2) is 12.8 Å². The second kappa shape index (κ2) is 7.55. The van der Waals surface area contributed by atoms with Crippen molar-refractivity contribution >= 4 is 15.9 Å². The Morgan fingerprint density at radius 1 is 1.31 bits per heavy atom. The van der Waals surface area contributed by atoms with Gasteiger partial charge in [0, 0.05) is 31.5 Å². The van der Waals surface area contributed by atoms with E-state index in [-0.39, 0.29) is 29.8 Å². The molecule has 0 bridgehead atoms. The molecule has 1 saturated heterocycles. The van der Waals surface area contributed by atoms with Gasteiger partial charge in [-0.15, -0.1) is 0 Å². The Morgan fingerprint density at radius 2 is 2.04 bits per heavy atom. The number of hydrogen-bond donors (Lipinski definition) is 1. The number of nitrogens with zero attached hydrogens (tertiary/aromatic N) is 3. The van der Waals surface area contributed by atoms with E-state index in [4.69, 9.17) is 0 Å². The number of nitrogens with one attached hydrogen (secondary N) is 1. The van der Waals surface area contributed by atoms with Crippen molar-refractivity contribution in [3.05, 3.63) is 48.0 Å². The number of aromatic nitrogens is 2. The minimum atomic E-state index is -3.71. The van der Waals surface area contributed by atoms with Crippen molar-refractivity contribution in [1.82, 2.24) is 19.4 Å². The first-order valence-corrected chi connectivity index (χ1v) is 9.84. The van der Waals surface area contributed by atoms with Crippen molar-refractivity contribution in [1.29, 1.82) is 0 Å². The van der Waals surface area contributed by atoms with Crippen LogP contribution >= 0.6 is 0 Å². The van der Waals surface area contributed by atoms with Crippen LogP contribution in [0, 0.1) is 18.7 Å². The molecule has 26 heavy (non-hydrogen) atoms. The van der Waals surface area contributed by atoms with Gasteiger partial charge in [-0.05, 0) is 43.7 Å². The molecule has 2 aromatic rings. The molecule has 1 N–H and O–H groups in total. The van der Waals surface area contributed by atoms with Crippen molar-refractivity contribution in [2.24, 2.45) is 5.92 Å². The van der Waals surface area contributed by atoms with Crippen molar-refractivity contribution in [3.8, 4) is 0 Å². The summed E-state index contributed by atoms with van der Waals surface area (Å²) in [7, 11) is -3.71. The Bertz CT molecular complexity index is 880. The summed E-state index contributed by atoms with van der Waals surface area (Å²) in [6.07, 6.45) is 2.17. The lowest BCUT2D eigenvalue weighted by Crippen LogP contribution is -2.36. The van der Waals surface area contributed by atoms with Gasteiger partial charge < -0.3 is 5.32 Å². The van der Waals surface area contributed by atoms with Crippen LogP contribution < -0.4 is 5.32 Å². The van der Waals surface area contributed by atoms with E-state index in [1.54, 1.807) is 10.9 Å². The zero-order valence-corrected chi connectivity index (χ0v) is 15.2. The third kappa shape index (κ3) is 3.94. The van der Waals surface area contributed by atoms with Crippen LogP contribution in [-0.2, 0) is 21.4 Å². The molecule has 0 unspecified atom stereocenters. The molecule has 1 aliphatic heterocycles. The Kier molecular flexibility index (Phi) is 5.38. The third-order valence-electron chi connectivity index (χ3n) is 4.52. The van der Waals surface area contributed by atoms with Crippen LogP contribution in [0.3, 0.4) is 0 Å². The molecule has 2 heterocycles. The summed E-state index contributed by atoms with van der Waals surface area (Å²) in [5.74, 6) is -1.04. The fraction of sp³-hybridized carbons (Fsp3) is 0.412. The normalized spacial score (nSPS) is 18.2. The van der Waals surface area contributed by atoms with E-state index in [9.17, 15) is 17.6 Å². The van der Waals surface area contributed by atoms with Crippen LogP contribution in [0.15, 0.2) is 41.4 Å². The highest BCUT2D eigenvalue weighted by Crippen LogP contribution is 2.24. The van der Waals surface area contributed by atoms with E-state index in [0.29, 0.717) is 19.5 Å². The molecule has 1 amide bonds. The molecule has 0 aliphatic carbocycles. The van der Waals surface area contributed by atoms with Crippen LogP contribution in [0.5, 0.6) is 0 Å². The second-order valence-electron chi connectivity index (χ2n) is 6.29. The number of halogens is 1. The van der Waals surface area contributed by atoms with Crippen LogP contribution in [0.4, 0.5) is 4.39 Å². The number of rotatable bonds is 6. The summed E-state index contributed by atoms with van der Waals surface area (Å²) in [5, 5.41) is 6.98. The molecular weight excluding hydrogens is 359 g/mol. The molecule has 7 nitrogen and oxygen atoms in total. The van der Waals surface area contributed by atoms with E-state index in [2.05, 4.69) is 10.4 Å². The van der Waals surface area contributed by atoms with Gasteiger partial charge in [-0.3, -0.25) is 9.48 Å². The lowest BCUT2D eigenvalue weighted by Gasteiger charge is -2.16. The van der Waals surface area contributed by atoms with Crippen molar-refractivity contribution in [3.63, 3.8) is 0 Å². The maximum absolute atomic E-state index is 13.0. The number of hydrogen-bond acceptors (Lipinski definition) is 4. The Labute approximate surface area is 151 Å². The summed E-state index contributed by atoms with van der Waals surface area (Å²) >= 11 is 0. The number of benzene rings is 1. The van der Waals surface area contributed by atoms with Crippen molar-refractivity contribution in [2.45, 2.75) is 24.8 Å². The van der Waals surface area contributed by atoms with Crippen molar-refractivity contribution in [2.75, 3.05) is 19.6 Å². The summed E-state index contributed by atoms with van der Waals surface area (Å²) < 4.78 is 41.2. The summed E-state index contributed by atoms with van der Waals surface area (Å²) in [5.41, 5.74) is 1.01. The Morgan fingerprint density at radius 3 is 2.69 bits per heavy atom. The van der Waals surface area contributed by atoms with Crippen molar-refractivity contribution < 1.29 is 17.6 Å². The van der Waals surface area contributed by atoms with E-state index in [1.165, 1.54) is 16.4 Å². The highest BCUT2D eigenvalue weighted by atomic mass is 32.2. The molecular formula is C17H21FN4O3S. The second-order valence-corrected chi connectivity index (χ2v) is 8.23. The van der Waals surface area contributed by atoms with Crippen LogP contribution in [0.1, 0.15) is 12.1 Å². The lowest BCUT2D eigenvalue weighted by molar-refractivity contribution is -0.124. The molecule has 1 aliphatic rings. The predicted octanol–water partition coefficient (Wildman–Crippen LogP) is 1.16. The average molecular weight is 380 g/mol. The van der Waals surface area contributed by atoms with Gasteiger partial charge in [-0.2, -0.15) is 9.40 Å². The van der Waals surface area contributed by atoms with Crippen LogP contribution in [-0.4, -0.2) is 48.0 Å². The number of amides is 1. The van der Waals surface area contributed by atoms with Gasteiger partial charge >= 0.3 is 0 Å². The lowest BCUT2D eigenvalue weighted by atomic mass is 10.1. The summed E-state index contributed by atoms with van der Waals surface area (Å²) in [6, 6.07) is 6.60. The number of aryl methyl sites for hydroxylation is 1. The Hall–Kier alpha value is -2.26. The summed E-state index contributed by atoms with van der Waals surface area (Å²) in [6.45, 7) is 3.34. The third-order valence-corrected chi connectivity index (χ3v) is 6.40. The topological polar surface area (TPSA) is 84.3 Å². The zero-order valence-electron chi connectivity index (χ0n) is 14.4. The SMILES string of the molecule is Cc1ccnn1CCNC(=O)[C@H]1CCN(S(=O)(=O)c2ccc(F)cc2)C1. The first kappa shape index (κ1) is 18.5. The molecule has 3 rings (SSSR count). The maximum Gasteiger partial charge on any atom is 0.243 e. The quantitative estimate of drug-likeness (QED) is 0.815. The average Bonchev–Trinajstić information content (AvgIpc) is 3.25. The van der Waals surface area contributed by atoms with Crippen LogP contribution in [0.2, 0.25) is 0 Å². The van der Waals surface area contributed by atoms with E-state index >= 15 is 0 Å². The highest BCUT2D eigenvalue weighted by Gasteiger charge is 2.35. The highest BCUT2D eigenvalue weighted by molar-refractivity contribution is 7.89. The first-order chi connectivity index (χ1) is 12.4. The van der Waals surface area contributed by atoms with Gasteiger partial charge in [0.2, 0.25) is 15.9 Å². The molecule has 9 heteroatoms. The monoisotopic (exact) mass is 380 g/mol. The minimum Gasteiger partial charge on any atom is -0.354 e. The smallest absolute Gasteiger partial charge is 0.243 e. The molecule has 0 radical (unpaired) electrons. The van der Waals surface area contributed by atoms with Gasteiger partial charge in [0.25, 0.3) is 0 Å². The van der Waals surface area contributed by atoms with Gasteiger partial charge in [-0.1, -0.05) is 0 Å². The number of sulfonamides is 1. The fourth-order valence-corrected chi connectivity index (χ4v) is 4.48. The number of carbonyl (C=O) groups is 1. The molecule has 1 aromatic heterocycles. The molecule has 140 valence electrons. The minimum absolute atomic E-state index is 0.0362. The largest absolute Gasteiger partial charge is 0.354 e. The van der Waals surface area contributed by atoms with E-state index in [1.807, 2.05) is 13.0 Å². The molecule has 0 spiro atoms. The van der Waals surface area contributed by atoms with Gasteiger partial charge in [0.05, 0.1) is 17.4 Å². The molecule has 1 fully saturated rings. The van der Waals surface area contributed by atoms with E-state index in [0.717, 1.165) is 17.8 Å². The first-order valence-electron chi connectivity index (χ1n) is 8.40. The van der Waals surface area contributed by atoms with Crippen LogP contribution in [0.25, 0.3) is 0 Å². The molecule has 1 atom stereocenters. The standard InChI is InChI=1S/C17H21FN4O3S/c1-13-6-8-20-22(13)11-9-19-17(23)14-7-10-21(12-14)26(24,25)16-4-2-15(18)3-5-16/h2-6,8,14H,7,9-12H2,1H3,(H,19,23)/t14-/m0/s1. The molecule has 0 saturated carbocycles. The Balaban J connectivity index is 1.55.